The van der Waals surface area contributed by atoms with Crippen LogP contribution in [0, 0.1) is 11.6 Å². The van der Waals surface area contributed by atoms with Crippen molar-refractivity contribution in [2.24, 2.45) is 5.84 Å². The molecule has 2 atom stereocenters. The number of benzene rings is 1. The Kier molecular flexibility index (Phi) is 5.06. The number of aromatic amines is 1. The van der Waals surface area contributed by atoms with Crippen molar-refractivity contribution in [1.82, 2.24) is 20.3 Å². The maximum Gasteiger partial charge on any atom is 0.235 e. The zero-order chi connectivity index (χ0) is 19.7. The largest absolute Gasteiger partial charge is 0.361 e. The first-order valence-electron chi connectivity index (χ1n) is 9.17. The van der Waals surface area contributed by atoms with Gasteiger partial charge in [0.2, 0.25) is 5.91 Å². The van der Waals surface area contributed by atoms with Crippen LogP contribution in [0.5, 0.6) is 0 Å². The highest BCUT2D eigenvalue weighted by atomic mass is 19.1. The number of nitrogens with zero attached hydrogens (tertiary/aromatic N) is 2. The van der Waals surface area contributed by atoms with Crippen molar-refractivity contribution < 1.29 is 13.6 Å². The number of carbonyl (C=O) groups excluding carboxylic acids is 1. The third-order valence-electron chi connectivity index (χ3n) is 5.42. The molecule has 0 saturated carbocycles. The highest BCUT2D eigenvalue weighted by Gasteiger charge is 2.34. The summed E-state index contributed by atoms with van der Waals surface area (Å²) in [5, 5.41) is 0.980. The van der Waals surface area contributed by atoms with Gasteiger partial charge in [-0.25, -0.2) is 14.6 Å². The van der Waals surface area contributed by atoms with Crippen LogP contribution in [0.2, 0.25) is 0 Å². The molecule has 3 aromatic rings. The molecule has 4 N–H and O–H groups in total. The van der Waals surface area contributed by atoms with Crippen LogP contribution in [0.4, 0.5) is 8.78 Å². The number of hydrogen-bond acceptors (Lipinski definition) is 4. The second-order valence-corrected chi connectivity index (χ2v) is 7.07. The maximum absolute atomic E-state index is 14.4. The van der Waals surface area contributed by atoms with Crippen molar-refractivity contribution in [2.45, 2.75) is 24.8 Å². The number of pyridine rings is 1. The Balaban J connectivity index is 1.60. The van der Waals surface area contributed by atoms with Gasteiger partial charge in [-0.3, -0.25) is 20.1 Å². The molecule has 0 bridgehead atoms. The Labute approximate surface area is 160 Å². The van der Waals surface area contributed by atoms with Crippen LogP contribution in [0.25, 0.3) is 10.9 Å². The van der Waals surface area contributed by atoms with Gasteiger partial charge in [0.25, 0.3) is 0 Å². The van der Waals surface area contributed by atoms with Gasteiger partial charge in [0, 0.05) is 36.3 Å². The van der Waals surface area contributed by atoms with Gasteiger partial charge < -0.3 is 4.98 Å². The first-order valence-corrected chi connectivity index (χ1v) is 9.17. The molecule has 2 unspecified atom stereocenters. The molecule has 1 fully saturated rings. The van der Waals surface area contributed by atoms with Crippen molar-refractivity contribution in [1.29, 1.82) is 0 Å². The Hall–Kier alpha value is -2.84. The van der Waals surface area contributed by atoms with Crippen molar-refractivity contribution in [3.05, 3.63) is 65.6 Å². The molecule has 1 aliphatic rings. The standard InChI is InChI=1S/C20H21F2N5O/c21-13-3-4-14-15(10-25-17(14)8-13)12-5-7-27(11-12)18(9-19(28)26-23)20-16(22)2-1-6-24-20/h1-4,6,8,10,12,18,25H,5,7,9,11,23H2,(H,26,28). The molecule has 1 aromatic carbocycles. The number of nitrogens with two attached hydrogens (primary N) is 1. The van der Waals surface area contributed by atoms with Gasteiger partial charge in [-0.15, -0.1) is 0 Å². The smallest absolute Gasteiger partial charge is 0.235 e. The topological polar surface area (TPSA) is 87.0 Å². The summed E-state index contributed by atoms with van der Waals surface area (Å²) in [5.41, 5.74) is 4.21. The lowest BCUT2D eigenvalue weighted by atomic mass is 9.98. The molecule has 1 saturated heterocycles. The Bertz CT molecular complexity index is 1010. The van der Waals surface area contributed by atoms with E-state index in [4.69, 9.17) is 5.84 Å². The van der Waals surface area contributed by atoms with Crippen LogP contribution in [0.3, 0.4) is 0 Å². The van der Waals surface area contributed by atoms with Crippen molar-refractivity contribution >= 4 is 16.8 Å². The lowest BCUT2D eigenvalue weighted by Gasteiger charge is -2.27. The quantitative estimate of drug-likeness (QED) is 0.358. The third-order valence-corrected chi connectivity index (χ3v) is 5.42. The Morgan fingerprint density at radius 2 is 2.25 bits per heavy atom. The van der Waals surface area contributed by atoms with Crippen LogP contribution in [-0.2, 0) is 4.79 Å². The molecule has 1 aliphatic heterocycles. The lowest BCUT2D eigenvalue weighted by molar-refractivity contribution is -0.122. The highest BCUT2D eigenvalue weighted by molar-refractivity contribution is 5.83. The predicted molar refractivity (Wildman–Crippen MR) is 101 cm³/mol. The summed E-state index contributed by atoms with van der Waals surface area (Å²) in [6.07, 6.45) is 4.30. The van der Waals surface area contributed by atoms with E-state index in [1.54, 1.807) is 6.07 Å². The SMILES string of the molecule is NNC(=O)CC(c1ncccc1F)N1CCC(c2c[nH]c3cc(F)ccc23)C1. The van der Waals surface area contributed by atoms with Crippen LogP contribution < -0.4 is 11.3 Å². The molecule has 2 aromatic heterocycles. The first kappa shape index (κ1) is 18.5. The monoisotopic (exact) mass is 385 g/mol. The molecule has 3 heterocycles. The number of likely N-dealkylation sites (tertiary alicyclic amines) is 1. The van der Waals surface area contributed by atoms with Crippen LogP contribution in [-0.4, -0.2) is 33.9 Å². The van der Waals surface area contributed by atoms with Crippen molar-refractivity contribution in [3.63, 3.8) is 0 Å². The molecular weight excluding hydrogens is 364 g/mol. The predicted octanol–water partition coefficient (Wildman–Crippen LogP) is 2.75. The van der Waals surface area contributed by atoms with E-state index in [1.807, 2.05) is 6.20 Å². The van der Waals surface area contributed by atoms with E-state index in [1.165, 1.54) is 30.5 Å². The van der Waals surface area contributed by atoms with Crippen LogP contribution in [0.15, 0.2) is 42.7 Å². The zero-order valence-electron chi connectivity index (χ0n) is 15.2. The Morgan fingerprint density at radius 3 is 3.04 bits per heavy atom. The van der Waals surface area contributed by atoms with Crippen molar-refractivity contribution in [3.8, 4) is 0 Å². The number of fused-ring (bicyclic) bond motifs is 1. The molecule has 1 amide bonds. The second kappa shape index (κ2) is 7.65. The average Bonchev–Trinajstić information content (AvgIpc) is 3.33. The third kappa shape index (κ3) is 3.48. The number of carbonyl (C=O) groups is 1. The summed E-state index contributed by atoms with van der Waals surface area (Å²) in [5.74, 6) is 4.34. The molecule has 0 radical (unpaired) electrons. The van der Waals surface area contributed by atoms with E-state index in [0.717, 1.165) is 22.9 Å². The van der Waals surface area contributed by atoms with E-state index in [-0.39, 0.29) is 29.8 Å². The lowest BCUT2D eigenvalue weighted by Crippen LogP contribution is -2.36. The number of halogens is 2. The van der Waals surface area contributed by atoms with Gasteiger partial charge in [0.05, 0.1) is 11.7 Å². The van der Waals surface area contributed by atoms with Crippen molar-refractivity contribution in [2.75, 3.05) is 13.1 Å². The molecule has 8 heteroatoms. The normalized spacial score (nSPS) is 18.5. The van der Waals surface area contributed by atoms with Crippen LogP contribution >= 0.6 is 0 Å². The molecule has 28 heavy (non-hydrogen) atoms. The van der Waals surface area contributed by atoms with E-state index in [9.17, 15) is 13.6 Å². The molecule has 4 rings (SSSR count). The molecule has 0 aliphatic carbocycles. The molecule has 146 valence electrons. The number of amides is 1. The summed E-state index contributed by atoms with van der Waals surface area (Å²) < 4.78 is 27.8. The molecule has 6 nitrogen and oxygen atoms in total. The minimum absolute atomic E-state index is 0.0241. The van der Waals surface area contributed by atoms with Crippen LogP contribution in [0.1, 0.15) is 36.1 Å². The number of hydrazine groups is 1. The number of hydrogen-bond donors (Lipinski definition) is 3. The van der Waals surface area contributed by atoms with E-state index in [0.29, 0.717) is 13.1 Å². The van der Waals surface area contributed by atoms with Gasteiger partial charge in [0.1, 0.15) is 11.6 Å². The average molecular weight is 385 g/mol. The fourth-order valence-electron chi connectivity index (χ4n) is 4.06. The van der Waals surface area contributed by atoms with E-state index >= 15 is 0 Å². The fourth-order valence-corrected chi connectivity index (χ4v) is 4.06. The minimum Gasteiger partial charge on any atom is -0.361 e. The highest BCUT2D eigenvalue weighted by Crippen LogP contribution is 2.37. The van der Waals surface area contributed by atoms with E-state index < -0.39 is 11.9 Å². The summed E-state index contributed by atoms with van der Waals surface area (Å²) in [6, 6.07) is 7.07. The van der Waals surface area contributed by atoms with E-state index in [2.05, 4.69) is 20.3 Å². The number of nitrogens with one attached hydrogen (secondary N) is 2. The summed E-state index contributed by atoms with van der Waals surface area (Å²) >= 11 is 0. The summed E-state index contributed by atoms with van der Waals surface area (Å²) in [4.78, 5) is 21.3. The van der Waals surface area contributed by atoms with Gasteiger partial charge in [-0.05, 0) is 54.8 Å². The molecular formula is C20H21F2N5O. The van der Waals surface area contributed by atoms with Gasteiger partial charge in [0.15, 0.2) is 0 Å². The number of rotatable bonds is 5. The number of aromatic nitrogens is 2. The fraction of sp³-hybridized carbons (Fsp3) is 0.300. The maximum atomic E-state index is 14.4. The Morgan fingerprint density at radius 1 is 1.39 bits per heavy atom. The van der Waals surface area contributed by atoms with Gasteiger partial charge in [-0.1, -0.05) is 0 Å². The second-order valence-electron chi connectivity index (χ2n) is 7.07. The molecule has 0 spiro atoms. The van der Waals surface area contributed by atoms with Gasteiger partial charge >= 0.3 is 0 Å². The zero-order valence-corrected chi connectivity index (χ0v) is 15.2. The summed E-state index contributed by atoms with van der Waals surface area (Å²) in [6.45, 7) is 1.33. The minimum atomic E-state index is -0.502. The number of H-pyrrole nitrogens is 1. The van der Waals surface area contributed by atoms with Gasteiger partial charge in [-0.2, -0.15) is 0 Å². The first-order chi connectivity index (χ1) is 13.6. The summed E-state index contributed by atoms with van der Waals surface area (Å²) in [7, 11) is 0.